The van der Waals surface area contributed by atoms with E-state index in [2.05, 4.69) is 5.32 Å². The molecule has 3 fully saturated rings. The fourth-order valence-electron chi connectivity index (χ4n) is 4.74. The van der Waals surface area contributed by atoms with Crippen molar-refractivity contribution in [2.24, 2.45) is 17.6 Å². The van der Waals surface area contributed by atoms with E-state index in [1.54, 1.807) is 4.90 Å². The molecule has 3 heterocycles. The van der Waals surface area contributed by atoms with Crippen LogP contribution in [0.2, 0.25) is 0 Å². The number of hydrogen-bond acceptors (Lipinski definition) is 3. The van der Waals surface area contributed by atoms with Gasteiger partial charge in [0.1, 0.15) is 5.82 Å². The lowest BCUT2D eigenvalue weighted by molar-refractivity contribution is -0.144. The summed E-state index contributed by atoms with van der Waals surface area (Å²) in [5.74, 6) is -0.567. The molecule has 4 amide bonds. The van der Waals surface area contributed by atoms with Crippen LogP contribution in [0.4, 0.5) is 14.9 Å². The minimum Gasteiger partial charge on any atom is -0.366 e. The van der Waals surface area contributed by atoms with Gasteiger partial charge in [0.25, 0.3) is 0 Å². The summed E-state index contributed by atoms with van der Waals surface area (Å²) in [4.78, 5) is 39.9. The van der Waals surface area contributed by atoms with Gasteiger partial charge in [0.2, 0.25) is 11.8 Å². The predicted octanol–water partition coefficient (Wildman–Crippen LogP) is 1.79. The number of fused-ring (bicyclic) bond motifs is 4. The number of carbonyl (C=O) groups excluding carboxylic acids is 3. The van der Waals surface area contributed by atoms with Crippen LogP contribution in [0.25, 0.3) is 0 Å². The van der Waals surface area contributed by atoms with Crippen molar-refractivity contribution in [3.63, 3.8) is 0 Å². The second-order valence-corrected chi connectivity index (χ2v) is 7.76. The third kappa shape index (κ3) is 3.36. The Morgan fingerprint density at radius 3 is 2.81 bits per heavy atom. The number of urea groups is 1. The molecule has 3 N–H and O–H groups in total. The van der Waals surface area contributed by atoms with Crippen molar-refractivity contribution in [1.82, 2.24) is 9.80 Å². The van der Waals surface area contributed by atoms with Crippen molar-refractivity contribution in [2.75, 3.05) is 25.0 Å². The number of benzene rings is 1. The molecule has 2 bridgehead atoms. The van der Waals surface area contributed by atoms with E-state index in [0.29, 0.717) is 26.1 Å². The Kier molecular flexibility index (Phi) is 4.49. The van der Waals surface area contributed by atoms with Crippen molar-refractivity contribution in [2.45, 2.75) is 31.7 Å². The largest absolute Gasteiger partial charge is 0.366 e. The number of halogens is 1. The number of likely N-dealkylation sites (tertiary alicyclic amines) is 1. The Morgan fingerprint density at radius 2 is 2.04 bits per heavy atom. The molecule has 0 aromatic heterocycles. The zero-order chi connectivity index (χ0) is 19.1. The zero-order valence-corrected chi connectivity index (χ0v) is 15.0. The lowest BCUT2D eigenvalue weighted by Gasteiger charge is -2.52. The van der Waals surface area contributed by atoms with Crippen molar-refractivity contribution in [3.8, 4) is 0 Å². The van der Waals surface area contributed by atoms with Gasteiger partial charge in [-0.05, 0) is 49.3 Å². The monoisotopic (exact) mass is 374 g/mol. The summed E-state index contributed by atoms with van der Waals surface area (Å²) in [6.45, 7) is 1.78. The van der Waals surface area contributed by atoms with Gasteiger partial charge in [-0.2, -0.15) is 0 Å². The van der Waals surface area contributed by atoms with Gasteiger partial charge in [-0.25, -0.2) is 9.18 Å². The highest BCUT2D eigenvalue weighted by molar-refractivity contribution is 5.96. The Balaban J connectivity index is 1.47. The van der Waals surface area contributed by atoms with Gasteiger partial charge >= 0.3 is 6.03 Å². The van der Waals surface area contributed by atoms with Crippen LogP contribution < -0.4 is 11.1 Å². The molecule has 1 aromatic carbocycles. The van der Waals surface area contributed by atoms with Crippen LogP contribution in [0.15, 0.2) is 18.2 Å². The molecule has 3 atom stereocenters. The minimum absolute atomic E-state index is 0.0542. The van der Waals surface area contributed by atoms with E-state index in [0.717, 1.165) is 25.3 Å². The molecular formula is C19H23FN4O3. The second kappa shape index (κ2) is 6.83. The first kappa shape index (κ1) is 17.8. The van der Waals surface area contributed by atoms with Crippen molar-refractivity contribution in [3.05, 3.63) is 29.6 Å². The summed E-state index contributed by atoms with van der Waals surface area (Å²) in [7, 11) is 0. The highest BCUT2D eigenvalue weighted by Crippen LogP contribution is 2.38. The van der Waals surface area contributed by atoms with Crippen LogP contribution in [-0.2, 0) is 4.79 Å². The number of amides is 4. The maximum Gasteiger partial charge on any atom is 0.321 e. The number of nitrogens with zero attached hydrogens (tertiary/aromatic N) is 2. The summed E-state index contributed by atoms with van der Waals surface area (Å²) in [6, 6.07) is 3.47. The summed E-state index contributed by atoms with van der Waals surface area (Å²) in [5, 5.41) is 2.57. The minimum atomic E-state index is -0.680. The lowest BCUT2D eigenvalue weighted by Crippen LogP contribution is -2.61. The summed E-state index contributed by atoms with van der Waals surface area (Å²) >= 11 is 0. The predicted molar refractivity (Wildman–Crippen MR) is 96.5 cm³/mol. The number of rotatable bonds is 2. The van der Waals surface area contributed by atoms with Crippen LogP contribution in [0, 0.1) is 17.7 Å². The number of carbonyl (C=O) groups is 3. The molecule has 7 nitrogen and oxygen atoms in total. The molecule has 8 heteroatoms. The Hall–Kier alpha value is -2.64. The first-order chi connectivity index (χ1) is 12.9. The third-order valence-electron chi connectivity index (χ3n) is 5.96. The fraction of sp³-hybridized carbons (Fsp3) is 0.526. The van der Waals surface area contributed by atoms with E-state index >= 15 is 0 Å². The lowest BCUT2D eigenvalue weighted by atomic mass is 9.76. The molecule has 1 aromatic rings. The molecule has 27 heavy (non-hydrogen) atoms. The topological polar surface area (TPSA) is 95.7 Å². The summed E-state index contributed by atoms with van der Waals surface area (Å²) in [6.07, 6.45) is 3.52. The SMILES string of the molecule is NC(=O)c1ccc(F)c(NC(=O)N2C[C@H]3C[C@@H](C2)[C@@H]2CCCC(=O)N2C3)c1. The van der Waals surface area contributed by atoms with E-state index in [4.69, 9.17) is 5.73 Å². The number of hydrogen-bond donors (Lipinski definition) is 2. The molecular weight excluding hydrogens is 351 g/mol. The molecule has 3 saturated heterocycles. The Morgan fingerprint density at radius 1 is 1.22 bits per heavy atom. The van der Waals surface area contributed by atoms with Crippen LogP contribution >= 0.6 is 0 Å². The van der Waals surface area contributed by atoms with Crippen LogP contribution in [-0.4, -0.2) is 53.3 Å². The Labute approximate surface area is 156 Å². The maximum atomic E-state index is 14.0. The maximum absolute atomic E-state index is 14.0. The molecule has 3 aliphatic rings. The van der Waals surface area contributed by atoms with E-state index < -0.39 is 11.7 Å². The molecule has 144 valence electrons. The highest BCUT2D eigenvalue weighted by atomic mass is 19.1. The van der Waals surface area contributed by atoms with Crippen LogP contribution in [0.3, 0.4) is 0 Å². The normalized spacial score (nSPS) is 27.1. The molecule has 0 unspecified atom stereocenters. The zero-order valence-electron chi connectivity index (χ0n) is 15.0. The highest BCUT2D eigenvalue weighted by Gasteiger charge is 2.44. The number of piperidine rings is 3. The van der Waals surface area contributed by atoms with Crippen molar-refractivity contribution >= 4 is 23.5 Å². The quantitative estimate of drug-likeness (QED) is 0.826. The number of anilines is 1. The van der Waals surface area contributed by atoms with E-state index in [1.165, 1.54) is 12.1 Å². The summed E-state index contributed by atoms with van der Waals surface area (Å²) < 4.78 is 14.0. The van der Waals surface area contributed by atoms with E-state index in [-0.39, 0.29) is 41.1 Å². The standard InChI is InChI=1S/C19H23FN4O3/c20-14-5-4-12(18(21)26)7-15(14)22-19(27)23-8-11-6-13(10-23)16-2-1-3-17(25)24(16)9-11/h4-5,7,11,13,16H,1-3,6,8-10H2,(H2,21,26)(H,22,27)/t11-,13+,16+/m1/s1. The van der Waals surface area contributed by atoms with E-state index in [1.807, 2.05) is 4.90 Å². The van der Waals surface area contributed by atoms with Crippen LogP contribution in [0.1, 0.15) is 36.0 Å². The van der Waals surface area contributed by atoms with Gasteiger partial charge in [0.15, 0.2) is 0 Å². The average molecular weight is 374 g/mol. The number of nitrogens with two attached hydrogens (primary N) is 1. The first-order valence-corrected chi connectivity index (χ1v) is 9.37. The fourth-order valence-corrected chi connectivity index (χ4v) is 4.74. The molecule has 0 aliphatic carbocycles. The van der Waals surface area contributed by atoms with Gasteiger partial charge in [0, 0.05) is 37.7 Å². The Bertz CT molecular complexity index is 799. The van der Waals surface area contributed by atoms with Crippen molar-refractivity contribution in [1.29, 1.82) is 0 Å². The van der Waals surface area contributed by atoms with Gasteiger partial charge in [-0.15, -0.1) is 0 Å². The van der Waals surface area contributed by atoms with Gasteiger partial charge in [-0.1, -0.05) is 0 Å². The van der Waals surface area contributed by atoms with E-state index in [9.17, 15) is 18.8 Å². The third-order valence-corrected chi connectivity index (χ3v) is 5.96. The number of nitrogens with one attached hydrogen (secondary N) is 1. The van der Waals surface area contributed by atoms with Gasteiger partial charge in [-0.3, -0.25) is 9.59 Å². The first-order valence-electron chi connectivity index (χ1n) is 9.37. The van der Waals surface area contributed by atoms with Crippen LogP contribution in [0.5, 0.6) is 0 Å². The average Bonchev–Trinajstić information content (AvgIpc) is 2.64. The second-order valence-electron chi connectivity index (χ2n) is 7.76. The molecule has 4 rings (SSSR count). The smallest absolute Gasteiger partial charge is 0.321 e. The van der Waals surface area contributed by atoms with Gasteiger partial charge < -0.3 is 20.9 Å². The molecule has 0 radical (unpaired) electrons. The molecule has 3 aliphatic heterocycles. The summed E-state index contributed by atoms with van der Waals surface area (Å²) in [5.41, 5.74) is 5.31. The molecule has 0 spiro atoms. The molecule has 0 saturated carbocycles. The number of primary amides is 1. The van der Waals surface area contributed by atoms with Gasteiger partial charge in [0.05, 0.1) is 5.69 Å². The van der Waals surface area contributed by atoms with Crippen molar-refractivity contribution < 1.29 is 18.8 Å².